The Kier molecular flexibility index (Phi) is 3.54. The average molecular weight is 283 g/mol. The fourth-order valence-electron chi connectivity index (χ4n) is 2.17. The van der Waals surface area contributed by atoms with E-state index in [1.54, 1.807) is 13.1 Å². The fraction of sp³-hybridized carbons (Fsp3) is 0.118. The van der Waals surface area contributed by atoms with Gasteiger partial charge in [-0.25, -0.2) is 4.39 Å². The average Bonchev–Trinajstić information content (AvgIpc) is 2.49. The van der Waals surface area contributed by atoms with Crippen LogP contribution in [0.3, 0.4) is 0 Å². The number of benzene rings is 2. The molecular weight excluding hydrogens is 269 g/mol. The molecule has 1 heterocycles. The Labute approximate surface area is 121 Å². The minimum atomic E-state index is -0.816. The Morgan fingerprint density at radius 1 is 1.14 bits per heavy atom. The third kappa shape index (κ3) is 2.85. The zero-order chi connectivity index (χ0) is 14.8. The molecule has 0 saturated carbocycles. The lowest BCUT2D eigenvalue weighted by molar-refractivity contribution is 0.195. The number of aliphatic hydroxyl groups is 1. The van der Waals surface area contributed by atoms with Gasteiger partial charge in [-0.1, -0.05) is 18.2 Å². The van der Waals surface area contributed by atoms with Crippen molar-refractivity contribution in [3.8, 4) is 11.5 Å². The number of rotatable bonds is 3. The molecule has 0 aliphatic carbocycles. The van der Waals surface area contributed by atoms with Crippen molar-refractivity contribution in [3.63, 3.8) is 0 Å². The first-order valence-corrected chi connectivity index (χ1v) is 6.63. The summed E-state index contributed by atoms with van der Waals surface area (Å²) in [6.45, 7) is 1.57. The Balaban J connectivity index is 1.98. The number of pyridine rings is 1. The lowest BCUT2D eigenvalue weighted by Crippen LogP contribution is -1.97. The topological polar surface area (TPSA) is 42.4 Å². The summed E-state index contributed by atoms with van der Waals surface area (Å²) in [7, 11) is 0. The van der Waals surface area contributed by atoms with E-state index in [2.05, 4.69) is 4.98 Å². The van der Waals surface area contributed by atoms with Gasteiger partial charge in [-0.05, 0) is 37.3 Å². The van der Waals surface area contributed by atoms with Gasteiger partial charge < -0.3 is 9.84 Å². The van der Waals surface area contributed by atoms with Crippen LogP contribution in [0.1, 0.15) is 18.6 Å². The van der Waals surface area contributed by atoms with Crippen LogP contribution in [0.2, 0.25) is 0 Å². The summed E-state index contributed by atoms with van der Waals surface area (Å²) in [5.74, 6) is 0.556. The molecule has 0 saturated heterocycles. The molecule has 0 spiro atoms. The smallest absolute Gasteiger partial charge is 0.146 e. The van der Waals surface area contributed by atoms with Crippen LogP contribution < -0.4 is 4.74 Å². The zero-order valence-electron chi connectivity index (χ0n) is 11.5. The van der Waals surface area contributed by atoms with Crippen molar-refractivity contribution in [3.05, 3.63) is 66.1 Å². The first kappa shape index (κ1) is 13.5. The van der Waals surface area contributed by atoms with Crippen LogP contribution in [-0.2, 0) is 0 Å². The first-order valence-electron chi connectivity index (χ1n) is 6.63. The van der Waals surface area contributed by atoms with E-state index in [4.69, 9.17) is 4.74 Å². The van der Waals surface area contributed by atoms with Gasteiger partial charge in [0, 0.05) is 10.9 Å². The van der Waals surface area contributed by atoms with Gasteiger partial charge in [-0.3, -0.25) is 4.98 Å². The van der Waals surface area contributed by atoms with Crippen molar-refractivity contribution >= 4 is 10.9 Å². The maximum atomic E-state index is 13.3. The molecule has 21 heavy (non-hydrogen) atoms. The highest BCUT2D eigenvalue weighted by Gasteiger charge is 2.12. The van der Waals surface area contributed by atoms with Gasteiger partial charge in [0.05, 0.1) is 17.8 Å². The maximum Gasteiger partial charge on any atom is 0.146 e. The number of fused-ring (bicyclic) bond motifs is 1. The Morgan fingerprint density at radius 3 is 2.76 bits per heavy atom. The molecule has 0 bridgehead atoms. The van der Waals surface area contributed by atoms with Gasteiger partial charge >= 0.3 is 0 Å². The van der Waals surface area contributed by atoms with E-state index in [-0.39, 0.29) is 0 Å². The summed E-state index contributed by atoms with van der Waals surface area (Å²) in [6.07, 6.45) is 0.793. The third-order valence-corrected chi connectivity index (χ3v) is 3.22. The van der Waals surface area contributed by atoms with Crippen molar-refractivity contribution in [1.29, 1.82) is 0 Å². The Morgan fingerprint density at radius 2 is 1.95 bits per heavy atom. The molecule has 0 aliphatic rings. The van der Waals surface area contributed by atoms with E-state index >= 15 is 0 Å². The summed E-state index contributed by atoms with van der Waals surface area (Å²) in [5, 5.41) is 10.7. The third-order valence-electron chi connectivity index (χ3n) is 3.22. The summed E-state index contributed by atoms with van der Waals surface area (Å²) < 4.78 is 19.0. The Hall–Kier alpha value is -2.46. The molecule has 3 rings (SSSR count). The number of hydrogen-bond acceptors (Lipinski definition) is 3. The second kappa shape index (κ2) is 5.50. The van der Waals surface area contributed by atoms with Crippen molar-refractivity contribution in [1.82, 2.24) is 4.98 Å². The van der Waals surface area contributed by atoms with Gasteiger partial charge in [-0.2, -0.15) is 0 Å². The van der Waals surface area contributed by atoms with Crippen molar-refractivity contribution < 1.29 is 14.2 Å². The number of nitrogens with zero attached hydrogens (tertiary/aromatic N) is 1. The monoisotopic (exact) mass is 283 g/mol. The number of hydrogen-bond donors (Lipinski definition) is 1. The molecule has 4 heteroatoms. The summed E-state index contributed by atoms with van der Waals surface area (Å²) >= 11 is 0. The molecule has 0 amide bonds. The summed E-state index contributed by atoms with van der Waals surface area (Å²) in [4.78, 5) is 4.31. The number of para-hydroxylation sites is 1. The van der Waals surface area contributed by atoms with E-state index in [9.17, 15) is 9.50 Å². The molecule has 3 aromatic rings. The minimum absolute atomic E-state index is 0.406. The lowest BCUT2D eigenvalue weighted by atomic mass is 10.1. The molecule has 0 aliphatic heterocycles. The molecule has 1 aromatic heterocycles. The van der Waals surface area contributed by atoms with E-state index in [0.717, 1.165) is 10.9 Å². The number of halogens is 1. The van der Waals surface area contributed by atoms with E-state index in [1.807, 2.05) is 30.3 Å². The SMILES string of the molecule is C[C@@H](O)c1cc(F)ccc1Oc1cnc2ccccc2c1. The molecule has 0 fully saturated rings. The van der Waals surface area contributed by atoms with Crippen molar-refractivity contribution in [2.24, 2.45) is 0 Å². The molecule has 2 aromatic carbocycles. The molecule has 3 nitrogen and oxygen atoms in total. The molecule has 0 unspecified atom stereocenters. The van der Waals surface area contributed by atoms with Crippen LogP contribution in [0, 0.1) is 5.82 Å². The Bertz CT molecular complexity index is 787. The van der Waals surface area contributed by atoms with Crippen LogP contribution in [0.4, 0.5) is 4.39 Å². The van der Waals surface area contributed by atoms with Crippen LogP contribution >= 0.6 is 0 Å². The molecule has 0 radical (unpaired) electrons. The number of aromatic nitrogens is 1. The maximum absolute atomic E-state index is 13.3. The van der Waals surface area contributed by atoms with E-state index < -0.39 is 11.9 Å². The highest BCUT2D eigenvalue weighted by molar-refractivity contribution is 5.79. The second-order valence-corrected chi connectivity index (χ2v) is 4.82. The normalized spacial score (nSPS) is 12.3. The summed E-state index contributed by atoms with van der Waals surface area (Å²) in [5.41, 5.74) is 1.28. The predicted octanol–water partition coefficient (Wildman–Crippen LogP) is 4.22. The number of ether oxygens (including phenoxy) is 1. The molecule has 1 N–H and O–H groups in total. The van der Waals surface area contributed by atoms with Gasteiger partial charge in [0.2, 0.25) is 0 Å². The zero-order valence-corrected chi connectivity index (χ0v) is 11.5. The predicted molar refractivity (Wildman–Crippen MR) is 78.9 cm³/mol. The molecule has 1 atom stereocenters. The van der Waals surface area contributed by atoms with Gasteiger partial charge in [0.15, 0.2) is 0 Å². The van der Waals surface area contributed by atoms with Crippen molar-refractivity contribution in [2.45, 2.75) is 13.0 Å². The minimum Gasteiger partial charge on any atom is -0.455 e. The summed E-state index contributed by atoms with van der Waals surface area (Å²) in [6, 6.07) is 13.6. The van der Waals surface area contributed by atoms with E-state index in [1.165, 1.54) is 18.2 Å². The largest absolute Gasteiger partial charge is 0.455 e. The second-order valence-electron chi connectivity index (χ2n) is 4.82. The van der Waals surface area contributed by atoms with Crippen LogP contribution in [0.25, 0.3) is 10.9 Å². The molecule has 106 valence electrons. The van der Waals surface area contributed by atoms with E-state index in [0.29, 0.717) is 17.1 Å². The van der Waals surface area contributed by atoms with Gasteiger partial charge in [0.1, 0.15) is 17.3 Å². The van der Waals surface area contributed by atoms with Crippen LogP contribution in [-0.4, -0.2) is 10.1 Å². The van der Waals surface area contributed by atoms with Gasteiger partial charge in [0.25, 0.3) is 0 Å². The van der Waals surface area contributed by atoms with Crippen LogP contribution in [0.5, 0.6) is 11.5 Å². The molecular formula is C17H14FNO2. The lowest BCUT2D eigenvalue weighted by Gasteiger charge is -2.13. The quantitative estimate of drug-likeness (QED) is 0.782. The highest BCUT2D eigenvalue weighted by atomic mass is 19.1. The van der Waals surface area contributed by atoms with Gasteiger partial charge in [-0.15, -0.1) is 0 Å². The standard InChI is InChI=1S/C17H14FNO2/c1-11(20)15-9-13(18)6-7-17(15)21-14-8-12-4-2-3-5-16(12)19-10-14/h2-11,20H,1H3/t11-/m1/s1. The van der Waals surface area contributed by atoms with Crippen LogP contribution in [0.15, 0.2) is 54.7 Å². The number of aliphatic hydroxyl groups excluding tert-OH is 1. The first-order chi connectivity index (χ1) is 10.1. The highest BCUT2D eigenvalue weighted by Crippen LogP contribution is 2.31. The fourth-order valence-corrected chi connectivity index (χ4v) is 2.17. The van der Waals surface area contributed by atoms with Crippen molar-refractivity contribution in [2.75, 3.05) is 0 Å².